The van der Waals surface area contributed by atoms with E-state index in [0.717, 1.165) is 17.8 Å². The molecule has 0 fully saturated rings. The van der Waals surface area contributed by atoms with E-state index in [2.05, 4.69) is 24.1 Å². The van der Waals surface area contributed by atoms with Crippen LogP contribution in [-0.2, 0) is 12.0 Å². The maximum Gasteiger partial charge on any atom is 0.272 e. The number of nitrogens with zero attached hydrogens (tertiary/aromatic N) is 1. The number of alkyl halides is 2. The van der Waals surface area contributed by atoms with E-state index in [4.69, 9.17) is 4.74 Å². The zero-order valence-corrected chi connectivity index (χ0v) is 13.5. The van der Waals surface area contributed by atoms with Gasteiger partial charge < -0.3 is 10.1 Å². The van der Waals surface area contributed by atoms with E-state index in [1.54, 1.807) is 6.07 Å². The molecule has 0 saturated carbocycles. The molecule has 0 atom stereocenters. The lowest BCUT2D eigenvalue weighted by Crippen LogP contribution is -2.21. The minimum absolute atomic E-state index is 0.156. The minimum Gasteiger partial charge on any atom is -0.472 e. The predicted molar refractivity (Wildman–Crippen MR) is 81.0 cm³/mol. The normalized spacial score (nSPS) is 12.2. The first kappa shape index (κ1) is 17.8. The molecule has 21 heavy (non-hydrogen) atoms. The minimum atomic E-state index is -2.49. The van der Waals surface area contributed by atoms with Gasteiger partial charge in [-0.2, -0.15) is 0 Å². The Hall–Kier alpha value is -1.23. The molecule has 1 N–H and O–H groups in total. The van der Waals surface area contributed by atoms with Gasteiger partial charge in [-0.15, -0.1) is 0 Å². The predicted octanol–water partition coefficient (Wildman–Crippen LogP) is 3.77. The third-order valence-electron chi connectivity index (χ3n) is 2.87. The van der Waals surface area contributed by atoms with Crippen LogP contribution in [0.3, 0.4) is 0 Å². The van der Waals surface area contributed by atoms with Crippen LogP contribution in [0.25, 0.3) is 0 Å². The monoisotopic (exact) mass is 300 g/mol. The molecule has 0 saturated heterocycles. The van der Waals surface area contributed by atoms with Crippen molar-refractivity contribution < 1.29 is 13.5 Å². The van der Waals surface area contributed by atoms with Crippen LogP contribution in [0.1, 0.15) is 45.9 Å². The first-order valence-electron chi connectivity index (χ1n) is 7.31. The van der Waals surface area contributed by atoms with Gasteiger partial charge in [0.15, 0.2) is 6.61 Å². The van der Waals surface area contributed by atoms with Gasteiger partial charge in [0.05, 0.1) is 5.69 Å². The SMILES string of the molecule is CC(C)CNCc1cc(OCC(F)F)nc(C(C)(C)C)c1. The van der Waals surface area contributed by atoms with Crippen LogP contribution in [-0.4, -0.2) is 24.6 Å². The maximum absolute atomic E-state index is 12.3. The lowest BCUT2D eigenvalue weighted by Gasteiger charge is -2.20. The molecule has 0 amide bonds. The fourth-order valence-corrected chi connectivity index (χ4v) is 1.77. The fraction of sp³-hybridized carbons (Fsp3) is 0.688. The van der Waals surface area contributed by atoms with E-state index < -0.39 is 13.0 Å². The van der Waals surface area contributed by atoms with E-state index in [1.807, 2.05) is 26.8 Å². The van der Waals surface area contributed by atoms with Gasteiger partial charge >= 0.3 is 0 Å². The quantitative estimate of drug-likeness (QED) is 0.832. The Morgan fingerprint density at radius 1 is 1.24 bits per heavy atom. The van der Waals surface area contributed by atoms with Crippen molar-refractivity contribution in [1.82, 2.24) is 10.3 Å². The van der Waals surface area contributed by atoms with Crippen molar-refractivity contribution in [3.05, 3.63) is 23.4 Å². The summed E-state index contributed by atoms with van der Waals surface area (Å²) in [4.78, 5) is 4.34. The third kappa shape index (κ3) is 6.85. The molecule has 0 aliphatic heterocycles. The Morgan fingerprint density at radius 3 is 2.43 bits per heavy atom. The van der Waals surface area contributed by atoms with Gasteiger partial charge in [-0.05, 0) is 24.1 Å². The second kappa shape index (κ2) is 7.69. The average molecular weight is 300 g/mol. The number of rotatable bonds is 7. The standard InChI is InChI=1S/C16H26F2N2O/c1-11(2)8-19-9-12-6-13(16(3,4)5)20-15(7-12)21-10-14(17)18/h6-7,11,14,19H,8-10H2,1-5H3. The van der Waals surface area contributed by atoms with Crippen molar-refractivity contribution in [3.63, 3.8) is 0 Å². The first-order chi connectivity index (χ1) is 9.68. The smallest absolute Gasteiger partial charge is 0.272 e. The molecule has 0 radical (unpaired) electrons. The van der Waals surface area contributed by atoms with Crippen LogP contribution in [0.2, 0.25) is 0 Å². The van der Waals surface area contributed by atoms with E-state index in [1.165, 1.54) is 0 Å². The van der Waals surface area contributed by atoms with E-state index in [0.29, 0.717) is 12.5 Å². The molecule has 1 aromatic rings. The molecule has 0 unspecified atom stereocenters. The Bertz CT molecular complexity index is 442. The Balaban J connectivity index is 2.87. The average Bonchev–Trinajstić information content (AvgIpc) is 2.34. The Labute approximate surface area is 126 Å². The van der Waals surface area contributed by atoms with Gasteiger partial charge in [0.2, 0.25) is 5.88 Å². The van der Waals surface area contributed by atoms with Crippen LogP contribution in [0.15, 0.2) is 12.1 Å². The first-order valence-corrected chi connectivity index (χ1v) is 7.31. The van der Waals surface area contributed by atoms with Crippen molar-refractivity contribution in [3.8, 4) is 5.88 Å². The molecular weight excluding hydrogens is 274 g/mol. The summed E-state index contributed by atoms with van der Waals surface area (Å²) in [5.74, 6) is 0.826. The van der Waals surface area contributed by atoms with Crippen LogP contribution in [0, 0.1) is 5.92 Å². The largest absolute Gasteiger partial charge is 0.472 e. The number of hydrogen-bond donors (Lipinski definition) is 1. The Morgan fingerprint density at radius 2 is 1.90 bits per heavy atom. The number of halogens is 2. The van der Waals surface area contributed by atoms with Gasteiger partial charge in [0, 0.05) is 18.0 Å². The van der Waals surface area contributed by atoms with Crippen molar-refractivity contribution in [2.75, 3.05) is 13.2 Å². The van der Waals surface area contributed by atoms with Crippen LogP contribution < -0.4 is 10.1 Å². The lowest BCUT2D eigenvalue weighted by atomic mass is 9.91. The summed E-state index contributed by atoms with van der Waals surface area (Å²) in [6.07, 6.45) is -2.49. The highest BCUT2D eigenvalue weighted by Crippen LogP contribution is 2.24. The summed E-state index contributed by atoms with van der Waals surface area (Å²) >= 11 is 0. The Kier molecular flexibility index (Phi) is 6.52. The molecule has 1 heterocycles. The number of hydrogen-bond acceptors (Lipinski definition) is 3. The van der Waals surface area contributed by atoms with Crippen LogP contribution in [0.4, 0.5) is 8.78 Å². The fourth-order valence-electron chi connectivity index (χ4n) is 1.77. The van der Waals surface area contributed by atoms with E-state index in [9.17, 15) is 8.78 Å². The summed E-state index contributed by atoms with van der Waals surface area (Å²) in [6, 6.07) is 3.73. The summed E-state index contributed by atoms with van der Waals surface area (Å²) < 4.78 is 29.6. The van der Waals surface area contributed by atoms with Gasteiger partial charge in [-0.25, -0.2) is 13.8 Å². The molecule has 0 aliphatic rings. The van der Waals surface area contributed by atoms with E-state index >= 15 is 0 Å². The molecule has 120 valence electrons. The van der Waals surface area contributed by atoms with Gasteiger partial charge in [0.25, 0.3) is 6.43 Å². The second-order valence-electron chi connectivity index (χ2n) is 6.68. The molecule has 0 bridgehead atoms. The third-order valence-corrected chi connectivity index (χ3v) is 2.87. The molecule has 5 heteroatoms. The molecule has 3 nitrogen and oxygen atoms in total. The maximum atomic E-state index is 12.3. The van der Waals surface area contributed by atoms with Crippen molar-refractivity contribution in [2.45, 2.75) is 53.0 Å². The van der Waals surface area contributed by atoms with E-state index in [-0.39, 0.29) is 11.3 Å². The molecule has 0 aliphatic carbocycles. The molecule has 0 spiro atoms. The zero-order chi connectivity index (χ0) is 16.0. The van der Waals surface area contributed by atoms with Gasteiger partial charge in [-0.3, -0.25) is 0 Å². The highest BCUT2D eigenvalue weighted by atomic mass is 19.3. The molecular formula is C16H26F2N2O. The van der Waals surface area contributed by atoms with Gasteiger partial charge in [-0.1, -0.05) is 34.6 Å². The summed E-state index contributed by atoms with van der Waals surface area (Å²) in [7, 11) is 0. The lowest BCUT2D eigenvalue weighted by molar-refractivity contribution is 0.0793. The highest BCUT2D eigenvalue weighted by Gasteiger charge is 2.18. The summed E-state index contributed by atoms with van der Waals surface area (Å²) in [6.45, 7) is 11.3. The number of aromatic nitrogens is 1. The highest BCUT2D eigenvalue weighted by molar-refractivity contribution is 5.28. The van der Waals surface area contributed by atoms with Crippen molar-refractivity contribution in [1.29, 1.82) is 0 Å². The topological polar surface area (TPSA) is 34.1 Å². The molecule has 0 aromatic carbocycles. The number of ether oxygens (including phenoxy) is 1. The molecule has 1 aromatic heterocycles. The number of pyridine rings is 1. The van der Waals surface area contributed by atoms with Crippen LogP contribution in [0.5, 0.6) is 5.88 Å². The summed E-state index contributed by atoms with van der Waals surface area (Å²) in [5, 5.41) is 3.34. The zero-order valence-electron chi connectivity index (χ0n) is 13.5. The second-order valence-corrected chi connectivity index (χ2v) is 6.68. The summed E-state index contributed by atoms with van der Waals surface area (Å²) in [5.41, 5.74) is 1.69. The number of nitrogens with one attached hydrogen (secondary N) is 1. The molecule has 1 rings (SSSR count). The van der Waals surface area contributed by atoms with Crippen LogP contribution >= 0.6 is 0 Å². The van der Waals surface area contributed by atoms with Gasteiger partial charge in [0.1, 0.15) is 0 Å². The van der Waals surface area contributed by atoms with Crippen molar-refractivity contribution in [2.24, 2.45) is 5.92 Å². The van der Waals surface area contributed by atoms with Crippen molar-refractivity contribution >= 4 is 0 Å².